The number of nitrogens with two attached hydrogens (primary N) is 1. The minimum Gasteiger partial charge on any atom is -0.460 e. The summed E-state index contributed by atoms with van der Waals surface area (Å²) in [6.07, 6.45) is -0.0375. The van der Waals surface area contributed by atoms with Gasteiger partial charge >= 0.3 is 18.0 Å². The molecule has 1 aliphatic heterocycles. The average Bonchev–Trinajstić information content (AvgIpc) is 2.81. The zero-order chi connectivity index (χ0) is 28.0. The van der Waals surface area contributed by atoms with E-state index in [9.17, 15) is 14.4 Å². The van der Waals surface area contributed by atoms with Crippen LogP contribution in [-0.4, -0.2) is 48.1 Å². The minimum atomic E-state index is -0.680. The summed E-state index contributed by atoms with van der Waals surface area (Å²) < 4.78 is 5.36. The lowest BCUT2D eigenvalue weighted by atomic mass is 9.84. The number of anilines is 1. The number of carbonyl (C=O) groups excluding carboxylic acids is 3. The number of esters is 1. The predicted molar refractivity (Wildman–Crippen MR) is 147 cm³/mol. The van der Waals surface area contributed by atoms with E-state index in [-0.39, 0.29) is 25.2 Å². The number of carbonyl (C=O) groups is 3. The van der Waals surface area contributed by atoms with Gasteiger partial charge in [0.15, 0.2) is 0 Å². The third kappa shape index (κ3) is 8.59. The second kappa shape index (κ2) is 12.8. The summed E-state index contributed by atoms with van der Waals surface area (Å²) in [4.78, 5) is 43.2. The van der Waals surface area contributed by atoms with Crippen molar-refractivity contribution in [3.05, 3.63) is 63.1 Å². The summed E-state index contributed by atoms with van der Waals surface area (Å²) >= 11 is 12.8. The maximum Gasteiger partial charge on any atom is 0.324 e. The Morgan fingerprint density at radius 2 is 1.89 bits per heavy atom. The van der Waals surface area contributed by atoms with Gasteiger partial charge in [-0.05, 0) is 75.2 Å². The number of ether oxygens (including phenoxy) is 1. The standard InChI is InChI=1S/C27H34Cl2N4O5/c1-27(2,3)37-25(35)13-19(8-9-24(34)38-30)32-26(36)31-18-7-5-6-16(10-18)21-14-33(4)15-22-20(21)11-17(28)12-23(22)29/h5-7,10-12,19,21H,8-9,13-15,30H2,1-4H3,(H2,31,32,36)/t19-,21?/m0/s1. The minimum absolute atomic E-state index is 0.00644. The van der Waals surface area contributed by atoms with Crippen LogP contribution in [0.4, 0.5) is 10.5 Å². The average molecular weight is 565 g/mol. The number of nitrogens with one attached hydrogen (secondary N) is 2. The third-order valence-corrected chi connectivity index (χ3v) is 6.59. The Bertz CT molecular complexity index is 1180. The van der Waals surface area contributed by atoms with Crippen molar-refractivity contribution >= 4 is 46.9 Å². The van der Waals surface area contributed by atoms with Gasteiger partial charge in [-0.2, -0.15) is 5.90 Å². The highest BCUT2D eigenvalue weighted by molar-refractivity contribution is 6.35. The largest absolute Gasteiger partial charge is 0.460 e. The van der Waals surface area contributed by atoms with Crippen LogP contribution >= 0.6 is 23.2 Å². The molecule has 1 aliphatic rings. The highest BCUT2D eigenvalue weighted by atomic mass is 35.5. The van der Waals surface area contributed by atoms with E-state index in [4.69, 9.17) is 33.8 Å². The Morgan fingerprint density at radius 3 is 2.58 bits per heavy atom. The number of nitrogens with zero attached hydrogens (tertiary/aromatic N) is 1. The number of hydrogen-bond acceptors (Lipinski definition) is 7. The van der Waals surface area contributed by atoms with Crippen molar-refractivity contribution in [2.75, 3.05) is 18.9 Å². The van der Waals surface area contributed by atoms with E-state index >= 15 is 0 Å². The van der Waals surface area contributed by atoms with Crippen LogP contribution < -0.4 is 16.5 Å². The second-order valence-corrected chi connectivity index (χ2v) is 11.3. The van der Waals surface area contributed by atoms with Crippen molar-refractivity contribution in [2.45, 2.75) is 64.1 Å². The van der Waals surface area contributed by atoms with Crippen LogP contribution in [0, 0.1) is 0 Å². The molecular formula is C27H34Cl2N4O5. The van der Waals surface area contributed by atoms with E-state index in [1.54, 1.807) is 32.9 Å². The highest BCUT2D eigenvalue weighted by Crippen LogP contribution is 2.38. The van der Waals surface area contributed by atoms with E-state index < -0.39 is 29.6 Å². The molecule has 1 unspecified atom stereocenters. The molecule has 0 aromatic heterocycles. The predicted octanol–water partition coefficient (Wildman–Crippen LogP) is 4.99. The van der Waals surface area contributed by atoms with Crippen molar-refractivity contribution in [3.63, 3.8) is 0 Å². The monoisotopic (exact) mass is 564 g/mol. The number of urea groups is 1. The van der Waals surface area contributed by atoms with E-state index in [1.807, 2.05) is 31.3 Å². The van der Waals surface area contributed by atoms with Crippen LogP contribution in [0.3, 0.4) is 0 Å². The normalized spacial score (nSPS) is 16.2. The second-order valence-electron chi connectivity index (χ2n) is 10.4. The van der Waals surface area contributed by atoms with Gasteiger partial charge < -0.3 is 25.1 Å². The van der Waals surface area contributed by atoms with Crippen molar-refractivity contribution in [1.82, 2.24) is 10.2 Å². The van der Waals surface area contributed by atoms with Gasteiger partial charge in [-0.25, -0.2) is 4.79 Å². The first kappa shape index (κ1) is 29.7. The van der Waals surface area contributed by atoms with Gasteiger partial charge in [-0.1, -0.05) is 35.3 Å². The van der Waals surface area contributed by atoms with Crippen LogP contribution in [0.25, 0.3) is 0 Å². The van der Waals surface area contributed by atoms with Gasteiger partial charge in [0.25, 0.3) is 0 Å². The number of benzene rings is 2. The maximum absolute atomic E-state index is 12.9. The summed E-state index contributed by atoms with van der Waals surface area (Å²) in [7, 11) is 2.03. The fourth-order valence-corrected chi connectivity index (χ4v) is 5.05. The summed E-state index contributed by atoms with van der Waals surface area (Å²) in [6, 6.07) is 10.0. The van der Waals surface area contributed by atoms with Crippen molar-refractivity contribution in [3.8, 4) is 0 Å². The molecule has 0 fully saturated rings. The van der Waals surface area contributed by atoms with Crippen molar-refractivity contribution in [1.29, 1.82) is 0 Å². The molecule has 4 N–H and O–H groups in total. The van der Waals surface area contributed by atoms with Crippen molar-refractivity contribution in [2.24, 2.45) is 5.90 Å². The third-order valence-electron chi connectivity index (χ3n) is 6.04. The SMILES string of the molecule is CN1Cc2c(Cl)cc(Cl)cc2C(c2cccc(NC(=O)N[C@@H](CCC(=O)ON)CC(=O)OC(C)(C)C)c2)C1. The molecule has 1 heterocycles. The lowest BCUT2D eigenvalue weighted by molar-refractivity contribution is -0.155. The Hall–Kier alpha value is -2.85. The molecule has 0 aliphatic carbocycles. The fraction of sp³-hybridized carbons (Fsp3) is 0.444. The van der Waals surface area contributed by atoms with E-state index in [0.717, 1.165) is 29.8 Å². The summed E-state index contributed by atoms with van der Waals surface area (Å²) in [5.41, 5.74) is 2.98. The number of fused-ring (bicyclic) bond motifs is 1. The van der Waals surface area contributed by atoms with Crippen LogP contribution in [0.1, 0.15) is 62.6 Å². The number of rotatable bonds is 8. The molecule has 0 bridgehead atoms. The molecule has 2 aromatic carbocycles. The first-order chi connectivity index (χ1) is 17.8. The Balaban J connectivity index is 1.74. The summed E-state index contributed by atoms with van der Waals surface area (Å²) in [6.45, 7) is 6.74. The molecule has 11 heteroatoms. The lowest BCUT2D eigenvalue weighted by Crippen LogP contribution is -2.40. The molecule has 206 valence electrons. The smallest absolute Gasteiger partial charge is 0.324 e. The van der Waals surface area contributed by atoms with Gasteiger partial charge in [0.05, 0.1) is 6.42 Å². The van der Waals surface area contributed by atoms with Crippen LogP contribution in [0.15, 0.2) is 36.4 Å². The number of halogens is 2. The Labute approximate surface area is 232 Å². The van der Waals surface area contributed by atoms with Crippen LogP contribution in [-0.2, 0) is 25.7 Å². The molecule has 2 amide bonds. The van der Waals surface area contributed by atoms with Crippen LogP contribution in [0.2, 0.25) is 10.0 Å². The molecule has 2 atom stereocenters. The zero-order valence-electron chi connectivity index (χ0n) is 22.0. The number of amides is 2. The van der Waals surface area contributed by atoms with Crippen molar-refractivity contribution < 1.29 is 24.0 Å². The molecule has 2 aromatic rings. The fourth-order valence-electron chi connectivity index (χ4n) is 4.48. The first-order valence-corrected chi connectivity index (χ1v) is 13.1. The van der Waals surface area contributed by atoms with Gasteiger partial charge in [0.1, 0.15) is 5.60 Å². The topological polar surface area (TPSA) is 123 Å². The molecular weight excluding hydrogens is 531 g/mol. The molecule has 0 radical (unpaired) electrons. The first-order valence-electron chi connectivity index (χ1n) is 12.3. The molecule has 3 rings (SSSR count). The van der Waals surface area contributed by atoms with Gasteiger partial charge in [0.2, 0.25) is 0 Å². The summed E-state index contributed by atoms with van der Waals surface area (Å²) in [5.74, 6) is 3.78. The number of likely N-dealkylation sites (N-methyl/N-ethyl adjacent to an activating group) is 1. The van der Waals surface area contributed by atoms with E-state index in [0.29, 0.717) is 15.7 Å². The molecule has 0 saturated carbocycles. The molecule has 38 heavy (non-hydrogen) atoms. The van der Waals surface area contributed by atoms with E-state index in [1.165, 1.54) is 0 Å². The summed E-state index contributed by atoms with van der Waals surface area (Å²) in [5, 5.41) is 6.79. The Kier molecular flexibility index (Phi) is 10.0. The van der Waals surface area contributed by atoms with Gasteiger partial charge in [-0.15, -0.1) is 0 Å². The quantitative estimate of drug-likeness (QED) is 0.305. The van der Waals surface area contributed by atoms with Gasteiger partial charge in [-0.3, -0.25) is 9.59 Å². The lowest BCUT2D eigenvalue weighted by Gasteiger charge is -2.33. The zero-order valence-corrected chi connectivity index (χ0v) is 23.5. The number of hydrogen-bond donors (Lipinski definition) is 3. The highest BCUT2D eigenvalue weighted by Gasteiger charge is 2.28. The Morgan fingerprint density at radius 1 is 1.16 bits per heavy atom. The van der Waals surface area contributed by atoms with E-state index in [2.05, 4.69) is 20.4 Å². The van der Waals surface area contributed by atoms with Crippen LogP contribution in [0.5, 0.6) is 0 Å². The van der Waals surface area contributed by atoms with Gasteiger partial charge in [0, 0.05) is 47.2 Å². The maximum atomic E-state index is 12.9. The molecule has 0 saturated heterocycles. The molecule has 0 spiro atoms. The molecule has 9 nitrogen and oxygen atoms in total.